The van der Waals surface area contributed by atoms with Crippen LogP contribution in [0.5, 0.6) is 5.88 Å². The van der Waals surface area contributed by atoms with Gasteiger partial charge in [-0.25, -0.2) is 4.98 Å². The van der Waals surface area contributed by atoms with Crippen molar-refractivity contribution in [3.05, 3.63) is 59.6 Å². The Bertz CT molecular complexity index is 893. The molecule has 1 aliphatic rings. The summed E-state index contributed by atoms with van der Waals surface area (Å²) in [6.45, 7) is 6.04. The Hall–Kier alpha value is -2.76. The van der Waals surface area contributed by atoms with E-state index in [9.17, 15) is 0 Å². The Morgan fingerprint density at radius 2 is 1.63 bits per heavy atom. The van der Waals surface area contributed by atoms with E-state index in [0.29, 0.717) is 11.8 Å². The fraction of sp³-hybridized carbons (Fsp3) is 0.429. The molecule has 6 nitrogen and oxygen atoms in total. The molecule has 2 heterocycles. The number of aromatic nitrogens is 5. The normalized spacial score (nSPS) is 19.8. The predicted molar refractivity (Wildman–Crippen MR) is 103 cm³/mol. The van der Waals surface area contributed by atoms with Crippen LogP contribution in [0, 0.1) is 20.8 Å². The van der Waals surface area contributed by atoms with Crippen molar-refractivity contribution in [1.29, 1.82) is 0 Å². The Kier molecular flexibility index (Phi) is 4.88. The van der Waals surface area contributed by atoms with Crippen LogP contribution in [0.1, 0.15) is 54.5 Å². The van der Waals surface area contributed by atoms with E-state index < -0.39 is 0 Å². The van der Waals surface area contributed by atoms with E-state index in [-0.39, 0.29) is 6.10 Å². The van der Waals surface area contributed by atoms with Gasteiger partial charge in [0.25, 0.3) is 0 Å². The quantitative estimate of drug-likeness (QED) is 0.698. The van der Waals surface area contributed by atoms with E-state index in [0.717, 1.165) is 48.7 Å². The Morgan fingerprint density at radius 1 is 0.889 bits per heavy atom. The maximum atomic E-state index is 6.01. The minimum absolute atomic E-state index is 0.190. The second-order valence-corrected chi connectivity index (χ2v) is 7.36. The lowest BCUT2D eigenvalue weighted by Crippen LogP contribution is -2.25. The summed E-state index contributed by atoms with van der Waals surface area (Å²) in [6, 6.07) is 8.54. The summed E-state index contributed by atoms with van der Waals surface area (Å²) in [7, 11) is 0. The largest absolute Gasteiger partial charge is 0.473 e. The first-order valence-corrected chi connectivity index (χ1v) is 9.54. The number of hydrogen-bond donors (Lipinski definition) is 0. The zero-order valence-corrected chi connectivity index (χ0v) is 16.1. The van der Waals surface area contributed by atoms with Crippen molar-refractivity contribution >= 4 is 0 Å². The monoisotopic (exact) mass is 363 g/mol. The molecule has 0 amide bonds. The second-order valence-electron chi connectivity index (χ2n) is 7.36. The summed E-state index contributed by atoms with van der Waals surface area (Å²) in [6.07, 6.45) is 7.68. The van der Waals surface area contributed by atoms with Crippen LogP contribution in [0.4, 0.5) is 0 Å². The average Bonchev–Trinajstić information content (AvgIpc) is 3.06. The van der Waals surface area contributed by atoms with E-state index in [2.05, 4.69) is 55.9 Å². The second kappa shape index (κ2) is 7.47. The molecule has 0 saturated heterocycles. The molecule has 4 rings (SSSR count). The van der Waals surface area contributed by atoms with Gasteiger partial charge in [0.1, 0.15) is 17.8 Å². The number of nitrogens with zero attached hydrogens (tertiary/aromatic N) is 5. The van der Waals surface area contributed by atoms with Crippen LogP contribution in [-0.4, -0.2) is 30.8 Å². The van der Waals surface area contributed by atoms with E-state index in [1.165, 1.54) is 5.56 Å². The lowest BCUT2D eigenvalue weighted by Gasteiger charge is -2.28. The summed E-state index contributed by atoms with van der Waals surface area (Å²) in [5.41, 5.74) is 3.28. The van der Waals surface area contributed by atoms with Crippen LogP contribution in [0.2, 0.25) is 0 Å². The summed E-state index contributed by atoms with van der Waals surface area (Å²) in [5, 5.41) is 8.86. The van der Waals surface area contributed by atoms with Gasteiger partial charge in [0, 0.05) is 11.6 Å². The molecule has 3 aromatic rings. The fourth-order valence-electron chi connectivity index (χ4n) is 3.71. The van der Waals surface area contributed by atoms with Gasteiger partial charge < -0.3 is 4.74 Å². The van der Waals surface area contributed by atoms with Crippen LogP contribution >= 0.6 is 0 Å². The molecular formula is C21H25N5O. The molecule has 140 valence electrons. The maximum Gasteiger partial charge on any atom is 0.232 e. The topological polar surface area (TPSA) is 65.7 Å². The molecule has 0 radical (unpaired) electrons. The minimum Gasteiger partial charge on any atom is -0.473 e. The lowest BCUT2D eigenvalue weighted by molar-refractivity contribution is 0.138. The van der Waals surface area contributed by atoms with Crippen molar-refractivity contribution in [2.75, 3.05) is 0 Å². The van der Waals surface area contributed by atoms with Crippen molar-refractivity contribution in [2.45, 2.75) is 58.5 Å². The molecule has 1 saturated carbocycles. The lowest BCUT2D eigenvalue weighted by atomic mass is 9.86. The van der Waals surface area contributed by atoms with Gasteiger partial charge >= 0.3 is 0 Å². The van der Waals surface area contributed by atoms with Crippen molar-refractivity contribution in [3.63, 3.8) is 0 Å². The van der Waals surface area contributed by atoms with Gasteiger partial charge in [-0.2, -0.15) is 0 Å². The predicted octanol–water partition coefficient (Wildman–Crippen LogP) is 4.09. The zero-order chi connectivity index (χ0) is 18.8. The third-order valence-electron chi connectivity index (χ3n) is 5.23. The Labute approximate surface area is 159 Å². The van der Waals surface area contributed by atoms with Gasteiger partial charge in [-0.15, -0.1) is 10.2 Å². The van der Waals surface area contributed by atoms with Gasteiger partial charge in [-0.3, -0.25) is 9.55 Å². The van der Waals surface area contributed by atoms with Crippen molar-refractivity contribution in [2.24, 2.45) is 0 Å². The van der Waals surface area contributed by atoms with E-state index >= 15 is 0 Å². The molecule has 0 N–H and O–H groups in total. The Balaban J connectivity index is 1.45. The third kappa shape index (κ3) is 3.84. The van der Waals surface area contributed by atoms with Crippen LogP contribution < -0.4 is 4.74 Å². The highest BCUT2D eigenvalue weighted by Gasteiger charge is 2.28. The van der Waals surface area contributed by atoms with E-state index in [4.69, 9.17) is 4.74 Å². The number of rotatable bonds is 4. The molecule has 1 aromatic carbocycles. The van der Waals surface area contributed by atoms with Crippen LogP contribution in [0.25, 0.3) is 5.69 Å². The molecule has 6 heteroatoms. The van der Waals surface area contributed by atoms with Crippen molar-refractivity contribution in [3.8, 4) is 11.6 Å². The van der Waals surface area contributed by atoms with Gasteiger partial charge in [0.2, 0.25) is 5.88 Å². The zero-order valence-electron chi connectivity index (χ0n) is 16.1. The summed E-state index contributed by atoms with van der Waals surface area (Å²) < 4.78 is 8.20. The van der Waals surface area contributed by atoms with Gasteiger partial charge in [0.05, 0.1) is 18.1 Å². The number of aryl methyl sites for hydroxylation is 3. The number of ether oxygens (including phenoxy) is 1. The van der Waals surface area contributed by atoms with Crippen LogP contribution in [-0.2, 0) is 0 Å². The first-order valence-electron chi connectivity index (χ1n) is 9.54. The molecular weight excluding hydrogens is 338 g/mol. The van der Waals surface area contributed by atoms with Crippen LogP contribution in [0.15, 0.2) is 36.7 Å². The van der Waals surface area contributed by atoms with E-state index in [1.54, 1.807) is 12.4 Å². The molecule has 27 heavy (non-hydrogen) atoms. The smallest absolute Gasteiger partial charge is 0.232 e. The third-order valence-corrected chi connectivity index (χ3v) is 5.23. The van der Waals surface area contributed by atoms with Crippen molar-refractivity contribution in [1.82, 2.24) is 24.7 Å². The van der Waals surface area contributed by atoms with E-state index in [1.807, 2.05) is 13.8 Å². The van der Waals surface area contributed by atoms with Gasteiger partial charge in [-0.1, -0.05) is 17.7 Å². The molecule has 0 spiro atoms. The first-order chi connectivity index (χ1) is 13.1. The highest BCUT2D eigenvalue weighted by Crippen LogP contribution is 2.34. The van der Waals surface area contributed by atoms with Gasteiger partial charge in [0.15, 0.2) is 0 Å². The SMILES string of the molecule is Cc1ccc(-n2c(C)nnc2[C@H]2CC[C@H](Oc3cnc(C)cn3)CC2)cc1. The highest BCUT2D eigenvalue weighted by molar-refractivity contribution is 5.37. The molecule has 0 bridgehead atoms. The molecule has 2 aromatic heterocycles. The maximum absolute atomic E-state index is 6.01. The summed E-state index contributed by atoms with van der Waals surface area (Å²) >= 11 is 0. The molecule has 0 aliphatic heterocycles. The highest BCUT2D eigenvalue weighted by atomic mass is 16.5. The standard InChI is InChI=1S/C21H25N5O/c1-14-4-8-18(9-5-14)26-16(3)24-25-21(26)17-6-10-19(11-7-17)27-20-13-22-15(2)12-23-20/h4-5,8-9,12-13,17,19H,6-7,10-11H2,1-3H3/t17-,19-. The summed E-state index contributed by atoms with van der Waals surface area (Å²) in [5.74, 6) is 3.01. The van der Waals surface area contributed by atoms with Crippen molar-refractivity contribution < 1.29 is 4.74 Å². The Morgan fingerprint density at radius 3 is 2.30 bits per heavy atom. The molecule has 0 unspecified atom stereocenters. The number of benzene rings is 1. The average molecular weight is 363 g/mol. The van der Waals surface area contributed by atoms with Gasteiger partial charge in [-0.05, 0) is 58.6 Å². The minimum atomic E-state index is 0.190. The molecule has 1 aliphatic carbocycles. The molecule has 1 fully saturated rings. The molecule has 0 atom stereocenters. The number of hydrogen-bond acceptors (Lipinski definition) is 5. The summed E-state index contributed by atoms with van der Waals surface area (Å²) in [4.78, 5) is 8.55. The first kappa shape index (κ1) is 17.6. The van der Waals surface area contributed by atoms with Crippen LogP contribution in [0.3, 0.4) is 0 Å². The fourth-order valence-corrected chi connectivity index (χ4v) is 3.71.